The number of anilines is 1. The van der Waals surface area contributed by atoms with Crippen LogP contribution < -0.4 is 5.73 Å². The fourth-order valence-electron chi connectivity index (χ4n) is 6.72. The lowest BCUT2D eigenvalue weighted by Gasteiger charge is -2.45. The minimum Gasteiger partial charge on any atom is -0.462 e. The number of nitrogens with zero attached hydrogens (tertiary/aromatic N) is 4. The van der Waals surface area contributed by atoms with Crippen LogP contribution in [-0.2, 0) is 77.3 Å². The number of ether oxygens (including phenoxy) is 6. The molecule has 0 saturated carbocycles. The Kier molecular flexibility index (Phi) is 19.5. The lowest BCUT2D eigenvalue weighted by molar-refractivity contribution is -0.296. The zero-order chi connectivity index (χ0) is 45.8. The van der Waals surface area contributed by atoms with E-state index in [1.165, 1.54) is 23.7 Å². The van der Waals surface area contributed by atoms with Crippen molar-refractivity contribution in [3.8, 4) is 0 Å². The number of fused-ring (bicyclic) bond motifs is 1. The second-order valence-corrected chi connectivity index (χ2v) is 18.9. The fourth-order valence-corrected chi connectivity index (χ4v) is 9.82. The van der Waals surface area contributed by atoms with Crippen molar-refractivity contribution in [1.82, 2.24) is 19.5 Å². The van der Waals surface area contributed by atoms with Gasteiger partial charge in [-0.05, 0) is 18.2 Å². The number of alkyl halides is 1. The van der Waals surface area contributed by atoms with Crippen LogP contribution in [0.2, 0.25) is 0 Å². The molecule has 2 saturated heterocycles. The average Bonchev–Trinajstić information content (AvgIpc) is 3.73. The van der Waals surface area contributed by atoms with Crippen molar-refractivity contribution in [1.29, 1.82) is 0 Å². The van der Waals surface area contributed by atoms with Crippen LogP contribution in [0.15, 0.2) is 12.7 Å². The molecule has 2 fully saturated rings. The number of carbonyl (C=O) groups excluding carboxylic acids is 4. The second-order valence-electron chi connectivity index (χ2n) is 14.5. The SMILES string of the molecule is CCCCCCCCCCCC(=O)OC[C@H](F)C1OC(OP(=O)(O)OP(O)(=S)OC[C@H]2O[C@@H](n3cnc4c(N)ncnc43)[C@H](O)[C@@H]2O)C(OC(C)=O)C(OC(C)=O)C1OC(C)=O. The molecule has 27 heteroatoms. The molecule has 0 amide bonds. The van der Waals surface area contributed by atoms with Crippen LogP contribution >= 0.6 is 14.5 Å². The maximum absolute atomic E-state index is 16.1. The van der Waals surface area contributed by atoms with Gasteiger partial charge in [-0.2, -0.15) is 0 Å². The van der Waals surface area contributed by atoms with Crippen LogP contribution in [0.1, 0.15) is 98.1 Å². The van der Waals surface area contributed by atoms with Gasteiger partial charge in [0.2, 0.25) is 6.29 Å². The topological polar surface area (TPSA) is 319 Å². The molecule has 2 aromatic rings. The van der Waals surface area contributed by atoms with Crippen LogP contribution in [0, 0.1) is 0 Å². The summed E-state index contributed by atoms with van der Waals surface area (Å²) in [7, 11) is -5.75. The summed E-state index contributed by atoms with van der Waals surface area (Å²) in [5, 5.41) is 21.4. The number of aromatic nitrogens is 4. The molecule has 2 aliphatic heterocycles. The zero-order valence-corrected chi connectivity index (χ0v) is 37.1. The highest BCUT2D eigenvalue weighted by atomic mass is 32.5. The van der Waals surface area contributed by atoms with Gasteiger partial charge >= 0.3 is 38.4 Å². The first kappa shape index (κ1) is 51.3. The largest absolute Gasteiger partial charge is 0.481 e. The Morgan fingerprint density at radius 2 is 1.48 bits per heavy atom. The van der Waals surface area contributed by atoms with Crippen molar-refractivity contribution < 1.29 is 89.9 Å². The molecular formula is C35H54FN5O18P2S. The first-order chi connectivity index (χ1) is 29.2. The molecule has 0 aromatic carbocycles. The van der Waals surface area contributed by atoms with E-state index < -0.39 is 113 Å². The molecular weight excluding hydrogens is 891 g/mol. The molecule has 23 nitrogen and oxygen atoms in total. The highest BCUT2D eigenvalue weighted by Crippen LogP contribution is 2.62. The number of nitrogens with two attached hydrogens (primary N) is 1. The molecule has 4 rings (SSSR count). The van der Waals surface area contributed by atoms with Crippen molar-refractivity contribution in [2.75, 3.05) is 18.9 Å². The lowest BCUT2D eigenvalue weighted by atomic mass is 9.95. The molecule has 350 valence electrons. The number of esters is 4. The van der Waals surface area contributed by atoms with E-state index in [-0.39, 0.29) is 23.4 Å². The summed E-state index contributed by atoms with van der Waals surface area (Å²) >= 11 is 4.89. The Morgan fingerprint density at radius 3 is 2.11 bits per heavy atom. The number of carbonyl (C=O) groups is 4. The van der Waals surface area contributed by atoms with Crippen LogP contribution in [0.5, 0.6) is 0 Å². The van der Waals surface area contributed by atoms with Crippen LogP contribution in [0.3, 0.4) is 0 Å². The lowest BCUT2D eigenvalue weighted by Crippen LogP contribution is -2.64. The third-order valence-electron chi connectivity index (χ3n) is 9.53. The Balaban J connectivity index is 1.44. The maximum Gasteiger partial charge on any atom is 0.481 e. The monoisotopic (exact) mass is 945 g/mol. The smallest absolute Gasteiger partial charge is 0.462 e. The van der Waals surface area contributed by atoms with Gasteiger partial charge in [0, 0.05) is 27.2 Å². The predicted molar refractivity (Wildman–Crippen MR) is 213 cm³/mol. The van der Waals surface area contributed by atoms with E-state index in [2.05, 4.69) is 21.9 Å². The van der Waals surface area contributed by atoms with E-state index in [0.717, 1.165) is 65.6 Å². The number of halogens is 1. The number of rotatable bonds is 24. The number of phosphoric ester groups is 1. The number of aliphatic hydroxyl groups excluding tert-OH is 2. The summed E-state index contributed by atoms with van der Waals surface area (Å²) < 4.78 is 77.8. The number of phosphoric acid groups is 1. The third kappa shape index (κ3) is 14.9. The molecule has 2 aliphatic rings. The molecule has 0 bridgehead atoms. The molecule has 0 radical (unpaired) electrons. The number of nitrogen functional groups attached to an aromatic ring is 1. The van der Waals surface area contributed by atoms with Crippen molar-refractivity contribution in [3.63, 3.8) is 0 Å². The van der Waals surface area contributed by atoms with Crippen LogP contribution in [0.25, 0.3) is 11.2 Å². The standard InChI is InChI=1S/C35H54FN5O18P2S/c1-5-6-7-8-9-10-11-12-13-14-24(45)51-15-22(36)28-29(53-19(2)42)30(54-20(3)43)31(55-21(4)44)35(57-28)58-60(48,49)59-61(50,62)52-16-23-26(46)27(47)34(56-23)41-18-40-25-32(37)38-17-39-33(25)41/h17-18,22-23,26-31,34-35,46-47H,5-16H2,1-4H3,(H,48,49)(H,50,62)(H2,37,38,39)/t22-,23+,26+,27+,28?,29?,30?,31?,34+,35?,61?/m0/s1. The van der Waals surface area contributed by atoms with Crippen molar-refractivity contribution in [2.24, 2.45) is 0 Å². The molecule has 0 spiro atoms. The minimum atomic E-state index is -5.75. The van der Waals surface area contributed by atoms with E-state index >= 15 is 4.39 Å². The van der Waals surface area contributed by atoms with Gasteiger partial charge in [0.15, 0.2) is 42.2 Å². The van der Waals surface area contributed by atoms with Gasteiger partial charge in [-0.3, -0.25) is 28.3 Å². The third-order valence-corrected chi connectivity index (χ3v) is 13.0. The van der Waals surface area contributed by atoms with Crippen molar-refractivity contribution in [3.05, 3.63) is 12.7 Å². The highest BCUT2D eigenvalue weighted by molar-refractivity contribution is 8.08. The molecule has 7 unspecified atom stereocenters. The molecule has 2 aromatic heterocycles. The van der Waals surface area contributed by atoms with Crippen molar-refractivity contribution >= 4 is 67.2 Å². The summed E-state index contributed by atoms with van der Waals surface area (Å²) in [6.45, 7) is -1.86. The molecule has 4 heterocycles. The van der Waals surface area contributed by atoms with E-state index in [9.17, 15) is 43.7 Å². The summed E-state index contributed by atoms with van der Waals surface area (Å²) in [6.07, 6.45) is -7.67. The van der Waals surface area contributed by atoms with E-state index in [1.54, 1.807) is 0 Å². The minimum absolute atomic E-state index is 0.0275. The van der Waals surface area contributed by atoms with Gasteiger partial charge in [-0.25, -0.2) is 28.2 Å². The molecule has 6 N–H and O–H groups in total. The summed E-state index contributed by atoms with van der Waals surface area (Å²) in [4.78, 5) is 82.8. The first-order valence-corrected chi connectivity index (χ1v) is 23.9. The van der Waals surface area contributed by atoms with Gasteiger partial charge in [0.1, 0.15) is 42.9 Å². The number of hydrogen-bond donors (Lipinski definition) is 5. The van der Waals surface area contributed by atoms with Crippen molar-refractivity contribution in [2.45, 2.75) is 153 Å². The quantitative estimate of drug-likeness (QED) is 0.0437. The van der Waals surface area contributed by atoms with E-state index in [1.807, 2.05) is 0 Å². The molecule has 62 heavy (non-hydrogen) atoms. The number of unbranched alkanes of at least 4 members (excludes halogenated alkanes) is 8. The molecule has 12 atom stereocenters. The Morgan fingerprint density at radius 1 is 0.887 bits per heavy atom. The predicted octanol–water partition coefficient (Wildman–Crippen LogP) is 2.72. The second kappa shape index (κ2) is 23.6. The van der Waals surface area contributed by atoms with E-state index in [0.29, 0.717) is 6.42 Å². The summed E-state index contributed by atoms with van der Waals surface area (Å²) in [5.41, 5.74) is 6.13. The normalized spacial score (nSPS) is 27.5. The van der Waals surface area contributed by atoms with Gasteiger partial charge in [0.25, 0.3) is 0 Å². The van der Waals surface area contributed by atoms with Gasteiger partial charge < -0.3 is 58.7 Å². The maximum atomic E-state index is 16.1. The Bertz CT molecular complexity index is 1930. The molecule has 0 aliphatic carbocycles. The van der Waals surface area contributed by atoms with Gasteiger partial charge in [-0.1, -0.05) is 58.3 Å². The van der Waals surface area contributed by atoms with Gasteiger partial charge in [0.05, 0.1) is 12.9 Å². The summed E-state index contributed by atoms with van der Waals surface area (Å²) in [6, 6.07) is 0. The van der Waals surface area contributed by atoms with Crippen LogP contribution in [0.4, 0.5) is 10.2 Å². The summed E-state index contributed by atoms with van der Waals surface area (Å²) in [5.74, 6) is -3.95. The fraction of sp³-hybridized carbons (Fsp3) is 0.743. The number of aliphatic hydroxyl groups is 2. The van der Waals surface area contributed by atoms with Gasteiger partial charge in [-0.15, -0.1) is 0 Å². The highest BCUT2D eigenvalue weighted by Gasteiger charge is 2.57. The average molecular weight is 946 g/mol. The Hall–Kier alpha value is -3.32. The Labute approximate surface area is 360 Å². The zero-order valence-electron chi connectivity index (χ0n) is 34.5. The number of hydrogen-bond acceptors (Lipinski definition) is 21. The van der Waals surface area contributed by atoms with Crippen LogP contribution in [-0.4, -0.2) is 132 Å². The number of imidazole rings is 1. The van der Waals surface area contributed by atoms with E-state index in [4.69, 9.17) is 59.3 Å². The first-order valence-electron chi connectivity index (χ1n) is 19.8.